The van der Waals surface area contributed by atoms with Gasteiger partial charge in [-0.2, -0.15) is 0 Å². The Balaban J connectivity index is 1.30. The number of thioether (sulfide) groups is 1. The van der Waals surface area contributed by atoms with Crippen LogP contribution in [0.25, 0.3) is 6.08 Å². The first-order valence-corrected chi connectivity index (χ1v) is 14.6. The highest BCUT2D eigenvalue weighted by Gasteiger charge is 2.36. The number of aryl methyl sites for hydroxylation is 1. The van der Waals surface area contributed by atoms with Crippen LogP contribution in [0.4, 0.5) is 10.5 Å². The quantitative estimate of drug-likeness (QED) is 0.240. The van der Waals surface area contributed by atoms with E-state index in [1.54, 1.807) is 49.4 Å². The number of carbonyl (C=O) groups excluding carboxylic acids is 3. The van der Waals surface area contributed by atoms with Crippen molar-refractivity contribution in [1.82, 2.24) is 4.90 Å². The Kier molecular flexibility index (Phi) is 9.08. The molecule has 13 heteroatoms. The summed E-state index contributed by atoms with van der Waals surface area (Å²) in [6.07, 6.45) is 1.54. The van der Waals surface area contributed by atoms with Crippen LogP contribution in [0.5, 0.6) is 23.0 Å². The van der Waals surface area contributed by atoms with E-state index in [9.17, 15) is 14.4 Å². The number of imide groups is 1. The van der Waals surface area contributed by atoms with Gasteiger partial charge in [-0.3, -0.25) is 19.3 Å². The number of ether oxygens (including phenoxy) is 4. The largest absolute Gasteiger partial charge is 0.490 e. The summed E-state index contributed by atoms with van der Waals surface area (Å²) in [5, 5.41) is 3.30. The highest BCUT2D eigenvalue weighted by Crippen LogP contribution is 2.41. The van der Waals surface area contributed by atoms with Gasteiger partial charge >= 0.3 is 0 Å². The molecule has 0 radical (unpaired) electrons. The first kappa shape index (κ1) is 29.9. The third-order valence-corrected chi connectivity index (χ3v) is 8.12. The lowest BCUT2D eigenvalue weighted by Gasteiger charge is -2.15. The lowest BCUT2D eigenvalue weighted by Crippen LogP contribution is -2.27. The molecule has 0 aromatic heterocycles. The third kappa shape index (κ3) is 6.57. The van der Waals surface area contributed by atoms with E-state index in [1.165, 1.54) is 6.08 Å². The molecule has 0 bridgehead atoms. The molecule has 0 atom stereocenters. The molecule has 3 amide bonds. The molecular formula is C29H23Cl3N2O7S. The monoisotopic (exact) mass is 648 g/mol. The van der Waals surface area contributed by atoms with Crippen LogP contribution in [0.15, 0.2) is 47.4 Å². The van der Waals surface area contributed by atoms with Crippen molar-refractivity contribution in [2.45, 2.75) is 20.4 Å². The lowest BCUT2D eigenvalue weighted by atomic mass is 10.1. The lowest BCUT2D eigenvalue weighted by molar-refractivity contribution is -0.123. The Morgan fingerprint density at radius 1 is 1.02 bits per heavy atom. The first-order chi connectivity index (χ1) is 20.1. The Bertz CT molecular complexity index is 1630. The number of halogens is 3. The number of carbonyl (C=O) groups is 3. The number of nitrogens with one attached hydrogen (secondary N) is 1. The van der Waals surface area contributed by atoms with Crippen molar-refractivity contribution in [3.8, 4) is 23.0 Å². The topological polar surface area (TPSA) is 103 Å². The molecule has 0 saturated carbocycles. The summed E-state index contributed by atoms with van der Waals surface area (Å²) in [5.41, 5.74) is 2.46. The maximum Gasteiger partial charge on any atom is 0.293 e. The summed E-state index contributed by atoms with van der Waals surface area (Å²) >= 11 is 19.8. The molecule has 1 N–H and O–H groups in total. The van der Waals surface area contributed by atoms with Crippen molar-refractivity contribution in [2.75, 3.05) is 25.3 Å². The van der Waals surface area contributed by atoms with E-state index >= 15 is 0 Å². The van der Waals surface area contributed by atoms with E-state index in [0.29, 0.717) is 38.4 Å². The summed E-state index contributed by atoms with van der Waals surface area (Å²) in [4.78, 5) is 39.7. The van der Waals surface area contributed by atoms with E-state index in [0.717, 1.165) is 22.2 Å². The van der Waals surface area contributed by atoms with Gasteiger partial charge in [0.15, 0.2) is 29.6 Å². The highest BCUT2D eigenvalue weighted by atomic mass is 35.5. The van der Waals surface area contributed by atoms with Crippen LogP contribution in [0.2, 0.25) is 15.1 Å². The molecule has 0 aliphatic carbocycles. The number of rotatable bonds is 9. The SMILES string of the molecule is CCOc1cc(/C=C2\SC(=O)N(Cc3cc4c(cc3Cl)OCO4)C2=O)cc(Cl)c1OCC(=O)Nc1ccc(C)c(Cl)c1. The average molecular weight is 650 g/mol. The smallest absolute Gasteiger partial charge is 0.293 e. The van der Waals surface area contributed by atoms with Gasteiger partial charge in [0.25, 0.3) is 17.1 Å². The Hall–Kier alpha value is -3.57. The first-order valence-electron chi connectivity index (χ1n) is 12.6. The van der Waals surface area contributed by atoms with Gasteiger partial charge in [-0.05, 0) is 78.7 Å². The second kappa shape index (κ2) is 12.7. The number of nitrogens with zero attached hydrogens (tertiary/aromatic N) is 1. The minimum atomic E-state index is -0.485. The van der Waals surface area contributed by atoms with Crippen molar-refractivity contribution in [3.63, 3.8) is 0 Å². The van der Waals surface area contributed by atoms with E-state index in [4.69, 9.17) is 53.8 Å². The molecule has 1 saturated heterocycles. The van der Waals surface area contributed by atoms with Crippen molar-refractivity contribution >= 4 is 75.4 Å². The molecule has 3 aromatic carbocycles. The van der Waals surface area contributed by atoms with Gasteiger partial charge in [0.2, 0.25) is 6.79 Å². The zero-order valence-electron chi connectivity index (χ0n) is 22.3. The molecule has 9 nitrogen and oxygen atoms in total. The molecule has 1 fully saturated rings. The molecule has 0 spiro atoms. The molecule has 2 aliphatic rings. The number of amides is 3. The van der Waals surface area contributed by atoms with Gasteiger partial charge in [0.1, 0.15) is 0 Å². The average Bonchev–Trinajstić information content (AvgIpc) is 3.49. The van der Waals surface area contributed by atoms with Gasteiger partial charge in [-0.15, -0.1) is 0 Å². The zero-order valence-corrected chi connectivity index (χ0v) is 25.4. The van der Waals surface area contributed by atoms with Crippen LogP contribution in [0, 0.1) is 6.92 Å². The highest BCUT2D eigenvalue weighted by molar-refractivity contribution is 8.18. The van der Waals surface area contributed by atoms with Crippen LogP contribution in [-0.4, -0.2) is 42.0 Å². The third-order valence-electron chi connectivity index (χ3n) is 6.18. The fraction of sp³-hybridized carbons (Fsp3) is 0.207. The Labute approximate surface area is 260 Å². The van der Waals surface area contributed by atoms with Crippen molar-refractivity contribution in [2.24, 2.45) is 0 Å². The number of benzene rings is 3. The van der Waals surface area contributed by atoms with Crippen LogP contribution >= 0.6 is 46.6 Å². The van der Waals surface area contributed by atoms with Crippen LogP contribution in [0.3, 0.4) is 0 Å². The molecule has 42 heavy (non-hydrogen) atoms. The Morgan fingerprint density at radius 3 is 2.52 bits per heavy atom. The second-order valence-corrected chi connectivity index (χ2v) is 11.3. The number of hydrogen-bond acceptors (Lipinski definition) is 8. The normalized spacial score (nSPS) is 15.0. The van der Waals surface area contributed by atoms with E-state index in [-0.39, 0.29) is 48.0 Å². The molecule has 3 aromatic rings. The molecule has 5 rings (SSSR count). The summed E-state index contributed by atoms with van der Waals surface area (Å²) in [5.74, 6) is 0.528. The van der Waals surface area contributed by atoms with Gasteiger partial charge in [-0.1, -0.05) is 40.9 Å². The maximum absolute atomic E-state index is 13.2. The summed E-state index contributed by atoms with van der Waals surface area (Å²) in [6, 6.07) is 11.6. The van der Waals surface area contributed by atoms with Crippen LogP contribution in [-0.2, 0) is 16.1 Å². The minimum Gasteiger partial charge on any atom is -0.490 e. The fourth-order valence-corrected chi connectivity index (χ4v) is 5.62. The predicted octanol–water partition coefficient (Wildman–Crippen LogP) is 7.34. The number of fused-ring (bicyclic) bond motifs is 1. The zero-order chi connectivity index (χ0) is 30.0. The van der Waals surface area contributed by atoms with Gasteiger partial charge in [0.05, 0.1) is 23.1 Å². The van der Waals surface area contributed by atoms with E-state index in [1.807, 2.05) is 6.92 Å². The Morgan fingerprint density at radius 2 is 1.79 bits per heavy atom. The molecular weight excluding hydrogens is 627 g/mol. The van der Waals surface area contributed by atoms with Crippen LogP contribution in [0.1, 0.15) is 23.6 Å². The summed E-state index contributed by atoms with van der Waals surface area (Å²) in [7, 11) is 0. The molecule has 2 aliphatic heterocycles. The predicted molar refractivity (Wildman–Crippen MR) is 162 cm³/mol. The van der Waals surface area contributed by atoms with Crippen molar-refractivity contribution in [3.05, 3.63) is 79.1 Å². The number of hydrogen-bond donors (Lipinski definition) is 1. The maximum atomic E-state index is 13.2. The second-order valence-electron chi connectivity index (χ2n) is 9.13. The van der Waals surface area contributed by atoms with Gasteiger partial charge in [-0.25, -0.2) is 0 Å². The molecule has 0 unspecified atom stereocenters. The van der Waals surface area contributed by atoms with E-state index < -0.39 is 17.1 Å². The minimum absolute atomic E-state index is 0.0356. The number of anilines is 1. The summed E-state index contributed by atoms with van der Waals surface area (Å²) in [6.45, 7) is 3.63. The van der Waals surface area contributed by atoms with Crippen molar-refractivity contribution < 1.29 is 33.3 Å². The standard InChI is InChI=1S/C29H23Cl3N2O7S/c1-3-38-24-7-16(6-21(32)27(24)39-13-26(35)33-18-5-4-15(2)19(30)10-18)8-25-28(36)34(29(37)42-25)12-17-9-22-23(11-20(17)31)41-14-40-22/h4-11H,3,12-14H2,1-2H3,(H,33,35)/b25-8-. The van der Waals surface area contributed by atoms with E-state index in [2.05, 4.69) is 5.32 Å². The molecule has 2 heterocycles. The van der Waals surface area contributed by atoms with Gasteiger partial charge < -0.3 is 24.3 Å². The molecule has 218 valence electrons. The van der Waals surface area contributed by atoms with Crippen LogP contribution < -0.4 is 24.3 Å². The van der Waals surface area contributed by atoms with Crippen molar-refractivity contribution in [1.29, 1.82) is 0 Å². The summed E-state index contributed by atoms with van der Waals surface area (Å²) < 4.78 is 22.1. The fourth-order valence-electron chi connectivity index (χ4n) is 4.12. The van der Waals surface area contributed by atoms with Gasteiger partial charge in [0, 0.05) is 21.8 Å².